The van der Waals surface area contributed by atoms with Crippen LogP contribution in [-0.2, 0) is 14.4 Å². The van der Waals surface area contributed by atoms with Crippen molar-refractivity contribution in [1.82, 2.24) is 0 Å². The lowest BCUT2D eigenvalue weighted by Crippen LogP contribution is -2.16. The van der Waals surface area contributed by atoms with Crippen LogP contribution < -0.4 is 5.32 Å². The number of methoxy groups -OCH3 is 1. The highest BCUT2D eigenvalue weighted by molar-refractivity contribution is 5.95. The van der Waals surface area contributed by atoms with Gasteiger partial charge in [0.1, 0.15) is 0 Å². The molecule has 0 bridgehead atoms. The first kappa shape index (κ1) is 18.1. The Bertz CT molecular complexity index is 981. The van der Waals surface area contributed by atoms with Crippen molar-refractivity contribution in [3.8, 4) is 0 Å². The van der Waals surface area contributed by atoms with Gasteiger partial charge in [-0.15, -0.1) is 0 Å². The number of fused-ring (bicyclic) bond motifs is 1. The van der Waals surface area contributed by atoms with Gasteiger partial charge in [0.2, 0.25) is 0 Å². The number of amides is 1. The molecule has 0 aliphatic heterocycles. The van der Waals surface area contributed by atoms with Crippen LogP contribution in [0.4, 0.5) is 5.69 Å². The van der Waals surface area contributed by atoms with Crippen LogP contribution >= 0.6 is 0 Å². The van der Waals surface area contributed by atoms with Crippen LogP contribution in [0.1, 0.15) is 15.9 Å². The molecule has 0 aliphatic carbocycles. The van der Waals surface area contributed by atoms with E-state index in [1.165, 1.54) is 13.3 Å². The molecule has 0 atom stereocenters. The van der Waals surface area contributed by atoms with E-state index >= 15 is 0 Å². The summed E-state index contributed by atoms with van der Waals surface area (Å²) in [6.45, 7) is -0.205. The summed E-state index contributed by atoms with van der Waals surface area (Å²) in [5, 5.41) is 8.69. The highest BCUT2D eigenvalue weighted by Crippen LogP contribution is 2.18. The van der Waals surface area contributed by atoms with E-state index in [1.807, 2.05) is 42.5 Å². The van der Waals surface area contributed by atoms with Crippen molar-refractivity contribution in [1.29, 1.82) is 0 Å². The second kappa shape index (κ2) is 8.62. The Labute approximate surface area is 156 Å². The Morgan fingerprint density at radius 1 is 1.00 bits per heavy atom. The maximum absolute atomic E-state index is 12.0. The zero-order valence-electron chi connectivity index (χ0n) is 14.7. The number of oxime groups is 1. The number of esters is 1. The van der Waals surface area contributed by atoms with Gasteiger partial charge in [-0.05, 0) is 40.6 Å². The molecule has 3 rings (SSSR count). The summed E-state index contributed by atoms with van der Waals surface area (Å²) in [7, 11) is 1.33. The Kier molecular flexibility index (Phi) is 5.79. The van der Waals surface area contributed by atoms with Gasteiger partial charge in [-0.25, -0.2) is 4.79 Å². The molecule has 0 saturated heterocycles. The van der Waals surface area contributed by atoms with Gasteiger partial charge in [0, 0.05) is 5.69 Å². The summed E-state index contributed by atoms with van der Waals surface area (Å²) in [5.41, 5.74) is 1.88. The zero-order chi connectivity index (χ0) is 19.1. The van der Waals surface area contributed by atoms with Crippen molar-refractivity contribution in [3.63, 3.8) is 0 Å². The summed E-state index contributed by atoms with van der Waals surface area (Å²) >= 11 is 0. The van der Waals surface area contributed by atoms with Crippen LogP contribution in [0, 0.1) is 0 Å². The first-order valence-corrected chi connectivity index (χ1v) is 8.28. The quantitative estimate of drug-likeness (QED) is 0.413. The highest BCUT2D eigenvalue weighted by atomic mass is 16.6. The molecule has 3 aromatic carbocycles. The summed E-state index contributed by atoms with van der Waals surface area (Å²) in [6.07, 6.45) is 1.46. The normalized spacial score (nSPS) is 10.7. The average molecular weight is 362 g/mol. The molecule has 3 aromatic rings. The second-order valence-electron chi connectivity index (χ2n) is 5.73. The van der Waals surface area contributed by atoms with Gasteiger partial charge in [-0.1, -0.05) is 47.6 Å². The molecule has 6 heteroatoms. The molecule has 1 amide bonds. The van der Waals surface area contributed by atoms with Crippen molar-refractivity contribution in [2.75, 3.05) is 19.0 Å². The lowest BCUT2D eigenvalue weighted by Gasteiger charge is -2.06. The monoisotopic (exact) mass is 362 g/mol. The number of carbonyl (C=O) groups is 2. The highest BCUT2D eigenvalue weighted by Gasteiger charge is 2.05. The predicted octanol–water partition coefficient (Wildman–Crippen LogP) is 3.62. The fraction of sp³-hybridized carbons (Fsp3) is 0.0952. The lowest BCUT2D eigenvalue weighted by molar-refractivity contribution is -0.120. The van der Waals surface area contributed by atoms with Gasteiger partial charge in [-0.2, -0.15) is 0 Å². The number of nitrogens with zero attached hydrogens (tertiary/aromatic N) is 1. The second-order valence-corrected chi connectivity index (χ2v) is 5.73. The van der Waals surface area contributed by atoms with Crippen LogP contribution in [0.5, 0.6) is 0 Å². The summed E-state index contributed by atoms with van der Waals surface area (Å²) in [4.78, 5) is 28.3. The van der Waals surface area contributed by atoms with Crippen LogP contribution in [0.25, 0.3) is 10.8 Å². The van der Waals surface area contributed by atoms with Crippen molar-refractivity contribution in [3.05, 3.63) is 77.9 Å². The maximum Gasteiger partial charge on any atom is 0.337 e. The van der Waals surface area contributed by atoms with Gasteiger partial charge in [0.25, 0.3) is 5.91 Å². The third kappa shape index (κ3) is 4.92. The number of anilines is 1. The van der Waals surface area contributed by atoms with Crippen LogP contribution in [0.15, 0.2) is 71.9 Å². The number of hydrogen-bond acceptors (Lipinski definition) is 5. The lowest BCUT2D eigenvalue weighted by atomic mass is 10.1. The van der Waals surface area contributed by atoms with E-state index in [2.05, 4.69) is 15.2 Å². The molecule has 0 aromatic heterocycles. The predicted molar refractivity (Wildman–Crippen MR) is 104 cm³/mol. The van der Waals surface area contributed by atoms with E-state index in [0.29, 0.717) is 11.3 Å². The zero-order valence-corrected chi connectivity index (χ0v) is 14.7. The molecule has 0 radical (unpaired) electrons. The number of rotatable bonds is 6. The van der Waals surface area contributed by atoms with E-state index in [9.17, 15) is 9.59 Å². The van der Waals surface area contributed by atoms with E-state index in [0.717, 1.165) is 16.3 Å². The Morgan fingerprint density at radius 2 is 1.74 bits per heavy atom. The van der Waals surface area contributed by atoms with Crippen molar-refractivity contribution in [2.45, 2.75) is 0 Å². The topological polar surface area (TPSA) is 77.0 Å². The third-order valence-corrected chi connectivity index (χ3v) is 3.84. The number of hydrogen-bond donors (Lipinski definition) is 1. The Morgan fingerprint density at radius 3 is 2.48 bits per heavy atom. The van der Waals surface area contributed by atoms with E-state index < -0.39 is 5.97 Å². The molecule has 0 saturated carbocycles. The SMILES string of the molecule is COC(=O)c1ccc(/C=N/OCC(=O)Nc2ccc3ccccc3c2)cc1. The van der Waals surface area contributed by atoms with E-state index in [1.54, 1.807) is 24.3 Å². The van der Waals surface area contributed by atoms with Crippen LogP contribution in [0.2, 0.25) is 0 Å². The summed E-state index contributed by atoms with van der Waals surface area (Å²) in [5.74, 6) is -0.705. The molecule has 136 valence electrons. The fourth-order valence-corrected chi connectivity index (χ4v) is 2.48. The van der Waals surface area contributed by atoms with Crippen molar-refractivity contribution < 1.29 is 19.2 Å². The molecule has 6 nitrogen and oxygen atoms in total. The largest absolute Gasteiger partial charge is 0.465 e. The summed E-state index contributed by atoms with van der Waals surface area (Å²) in [6, 6.07) is 20.3. The van der Waals surface area contributed by atoms with Gasteiger partial charge < -0.3 is 14.9 Å². The minimum absolute atomic E-state index is 0.205. The van der Waals surface area contributed by atoms with Gasteiger partial charge >= 0.3 is 5.97 Å². The number of benzene rings is 3. The molecular formula is C21H18N2O4. The first-order valence-electron chi connectivity index (χ1n) is 8.28. The molecular weight excluding hydrogens is 344 g/mol. The number of ether oxygens (including phenoxy) is 1. The molecule has 0 aliphatic rings. The van der Waals surface area contributed by atoms with Gasteiger partial charge in [0.15, 0.2) is 6.61 Å². The van der Waals surface area contributed by atoms with Crippen LogP contribution in [0.3, 0.4) is 0 Å². The molecule has 1 N–H and O–H groups in total. The first-order chi connectivity index (χ1) is 13.2. The van der Waals surface area contributed by atoms with E-state index in [4.69, 9.17) is 4.84 Å². The average Bonchev–Trinajstić information content (AvgIpc) is 2.71. The van der Waals surface area contributed by atoms with Crippen molar-refractivity contribution in [2.24, 2.45) is 5.16 Å². The molecule has 0 heterocycles. The Hall–Kier alpha value is -3.67. The van der Waals surface area contributed by atoms with Gasteiger partial charge in [-0.3, -0.25) is 4.79 Å². The van der Waals surface area contributed by atoms with Gasteiger partial charge in [0.05, 0.1) is 18.9 Å². The number of carbonyl (C=O) groups excluding carboxylic acids is 2. The third-order valence-electron chi connectivity index (χ3n) is 3.84. The fourth-order valence-electron chi connectivity index (χ4n) is 2.48. The minimum Gasteiger partial charge on any atom is -0.465 e. The molecule has 0 fully saturated rings. The minimum atomic E-state index is -0.403. The molecule has 0 spiro atoms. The van der Waals surface area contributed by atoms with E-state index in [-0.39, 0.29) is 12.5 Å². The maximum atomic E-state index is 12.0. The molecule has 27 heavy (non-hydrogen) atoms. The van der Waals surface area contributed by atoms with Crippen LogP contribution in [-0.4, -0.2) is 31.8 Å². The Balaban J connectivity index is 1.49. The standard InChI is InChI=1S/C21H18N2O4/c1-26-21(25)17-8-6-15(7-9-17)13-22-27-14-20(24)23-19-11-10-16-4-2-3-5-18(16)12-19/h2-13H,14H2,1H3,(H,23,24)/b22-13+. The van der Waals surface area contributed by atoms with Crippen molar-refractivity contribution >= 4 is 34.6 Å². The molecule has 0 unspecified atom stereocenters. The summed E-state index contributed by atoms with van der Waals surface area (Å²) < 4.78 is 4.63. The smallest absolute Gasteiger partial charge is 0.337 e. The number of nitrogens with one attached hydrogen (secondary N) is 1.